The lowest BCUT2D eigenvalue weighted by Gasteiger charge is -2.20. The summed E-state index contributed by atoms with van der Waals surface area (Å²) in [6.07, 6.45) is 1.67. The highest BCUT2D eigenvalue weighted by Gasteiger charge is 2.32. The number of carbonyl (C=O) groups is 1. The molecule has 0 unspecified atom stereocenters. The number of benzene rings is 5. The van der Waals surface area contributed by atoms with Crippen molar-refractivity contribution in [2.75, 3.05) is 10.6 Å². The quantitative estimate of drug-likeness (QED) is 0.226. The van der Waals surface area contributed by atoms with Gasteiger partial charge in [0.1, 0.15) is 5.69 Å². The largest absolute Gasteiger partial charge is 0.356 e. The summed E-state index contributed by atoms with van der Waals surface area (Å²) in [5.74, 6) is -0.0805. The number of para-hydroxylation sites is 4. The van der Waals surface area contributed by atoms with Crippen LogP contribution in [0.2, 0.25) is 0 Å². The Morgan fingerprint density at radius 3 is 1.83 bits per heavy atom. The maximum atomic E-state index is 14.0. The molecular weight excluding hydrogens is 504 g/mol. The molecule has 0 spiro atoms. The van der Waals surface area contributed by atoms with E-state index in [-0.39, 0.29) is 5.78 Å². The minimum atomic E-state index is -0.0805. The fourth-order valence-electron chi connectivity index (χ4n) is 5.30. The first-order valence-corrected chi connectivity index (χ1v) is 13.5. The number of ketones is 1. The third-order valence-corrected chi connectivity index (χ3v) is 7.09. The second-order valence-electron chi connectivity index (χ2n) is 9.83. The first kappa shape index (κ1) is 24.4. The molecule has 0 amide bonds. The van der Waals surface area contributed by atoms with Crippen LogP contribution in [-0.4, -0.2) is 16.1 Å². The lowest BCUT2D eigenvalue weighted by Crippen LogP contribution is -2.23. The van der Waals surface area contributed by atoms with E-state index >= 15 is 0 Å². The Labute approximate surface area is 238 Å². The van der Waals surface area contributed by atoms with Crippen LogP contribution >= 0.6 is 0 Å². The van der Waals surface area contributed by atoms with Crippen LogP contribution < -0.4 is 10.6 Å². The van der Waals surface area contributed by atoms with Gasteiger partial charge in [-0.05, 0) is 66.7 Å². The average Bonchev–Trinajstić information content (AvgIpc) is 3.36. The molecule has 0 saturated carbocycles. The van der Waals surface area contributed by atoms with Crippen molar-refractivity contribution in [3.8, 4) is 5.69 Å². The van der Waals surface area contributed by atoms with E-state index in [4.69, 9.17) is 4.99 Å². The van der Waals surface area contributed by atoms with Crippen molar-refractivity contribution >= 4 is 45.1 Å². The fraction of sp³-hybridized carbons (Fsp3) is 0. The molecule has 1 aromatic heterocycles. The number of carbonyl (C=O) groups excluding carboxylic acids is 1. The van der Waals surface area contributed by atoms with Crippen molar-refractivity contribution in [1.82, 2.24) is 4.57 Å². The van der Waals surface area contributed by atoms with Crippen molar-refractivity contribution in [3.63, 3.8) is 0 Å². The minimum absolute atomic E-state index is 0.0805. The predicted octanol–water partition coefficient (Wildman–Crippen LogP) is 8.69. The Balaban J connectivity index is 1.49. The third kappa shape index (κ3) is 4.70. The van der Waals surface area contributed by atoms with Crippen molar-refractivity contribution in [1.29, 1.82) is 0 Å². The van der Waals surface area contributed by atoms with Gasteiger partial charge in [-0.1, -0.05) is 72.8 Å². The molecule has 5 aromatic carbocycles. The van der Waals surface area contributed by atoms with Crippen LogP contribution in [0.3, 0.4) is 0 Å². The van der Waals surface area contributed by atoms with Crippen molar-refractivity contribution < 1.29 is 4.79 Å². The van der Waals surface area contributed by atoms with Crippen LogP contribution in [0.25, 0.3) is 16.6 Å². The van der Waals surface area contributed by atoms with Gasteiger partial charge in [0.2, 0.25) is 5.78 Å². The molecule has 1 aliphatic rings. The Kier molecular flexibility index (Phi) is 6.22. The summed E-state index contributed by atoms with van der Waals surface area (Å²) in [6.45, 7) is 0. The van der Waals surface area contributed by atoms with Crippen LogP contribution in [0, 0.1) is 0 Å². The van der Waals surface area contributed by atoms with Crippen LogP contribution in [0.4, 0.5) is 22.7 Å². The zero-order valence-electron chi connectivity index (χ0n) is 22.2. The van der Waals surface area contributed by atoms with Crippen LogP contribution in [0.15, 0.2) is 156 Å². The molecule has 0 bridgehead atoms. The van der Waals surface area contributed by atoms with E-state index in [9.17, 15) is 4.79 Å². The molecule has 2 N–H and O–H groups in total. The number of anilines is 3. The zero-order chi connectivity index (χ0) is 27.6. The highest BCUT2D eigenvalue weighted by Crippen LogP contribution is 2.38. The zero-order valence-corrected chi connectivity index (χ0v) is 22.2. The highest BCUT2D eigenvalue weighted by atomic mass is 16.1. The monoisotopic (exact) mass is 530 g/mol. The number of rotatable bonds is 6. The van der Waals surface area contributed by atoms with E-state index in [1.165, 1.54) is 0 Å². The summed E-state index contributed by atoms with van der Waals surface area (Å²) in [4.78, 5) is 19.2. The number of fused-ring (bicyclic) bond motifs is 3. The Morgan fingerprint density at radius 2 is 1.17 bits per heavy atom. The second kappa shape index (κ2) is 10.5. The summed E-state index contributed by atoms with van der Waals surface area (Å²) < 4.78 is 2.05. The molecule has 5 heteroatoms. The number of nitrogens with zero attached hydrogens (tertiary/aromatic N) is 2. The molecule has 0 saturated heterocycles. The molecule has 0 atom stereocenters. The SMILES string of the molecule is O=C1C=C(Nc2ccccc2)C(=Nc2ccccc2)c2c1n(-c1ccccc1)c1ccc(Nc3ccccc3)cc21. The molecule has 1 heterocycles. The van der Waals surface area contributed by atoms with E-state index in [0.29, 0.717) is 17.1 Å². The van der Waals surface area contributed by atoms with Crippen LogP contribution in [0.5, 0.6) is 0 Å². The van der Waals surface area contributed by atoms with Crippen molar-refractivity contribution in [2.45, 2.75) is 0 Å². The number of hydrogen-bond donors (Lipinski definition) is 2. The molecule has 7 rings (SSSR count). The van der Waals surface area contributed by atoms with Gasteiger partial charge in [0.25, 0.3) is 0 Å². The first-order chi connectivity index (χ1) is 20.2. The maximum absolute atomic E-state index is 14.0. The van der Waals surface area contributed by atoms with Gasteiger partial charge in [0, 0.05) is 39.8 Å². The van der Waals surface area contributed by atoms with Gasteiger partial charge >= 0.3 is 0 Å². The van der Waals surface area contributed by atoms with E-state index in [0.717, 1.165) is 44.9 Å². The van der Waals surface area contributed by atoms with Gasteiger partial charge in [-0.2, -0.15) is 0 Å². The molecule has 1 aliphatic carbocycles. The summed E-state index contributed by atoms with van der Waals surface area (Å²) in [5, 5.41) is 7.93. The van der Waals surface area contributed by atoms with E-state index in [1.54, 1.807) is 6.08 Å². The summed E-state index contributed by atoms with van der Waals surface area (Å²) >= 11 is 0. The number of hydrogen-bond acceptors (Lipinski definition) is 4. The third-order valence-electron chi connectivity index (χ3n) is 7.09. The molecule has 196 valence electrons. The van der Waals surface area contributed by atoms with Gasteiger partial charge in [-0.15, -0.1) is 0 Å². The molecule has 6 aromatic rings. The topological polar surface area (TPSA) is 58.4 Å². The predicted molar refractivity (Wildman–Crippen MR) is 168 cm³/mol. The molecule has 5 nitrogen and oxygen atoms in total. The summed E-state index contributed by atoms with van der Waals surface area (Å²) in [7, 11) is 0. The van der Waals surface area contributed by atoms with E-state index in [1.807, 2.05) is 121 Å². The Morgan fingerprint density at radius 1 is 0.585 bits per heavy atom. The van der Waals surface area contributed by atoms with E-state index in [2.05, 4.69) is 33.4 Å². The minimum Gasteiger partial charge on any atom is -0.356 e. The standard InChI is InChI=1S/C36H26N4O/c41-33-24-31(38-26-15-7-2-8-16-26)35(39-27-17-9-3-10-18-27)34-30-23-28(37-25-13-5-1-6-14-25)21-22-32(30)40(36(33)34)29-19-11-4-12-20-29/h1-24,37-38H. The average molecular weight is 531 g/mol. The Hall–Kier alpha value is -5.68. The van der Waals surface area contributed by atoms with Crippen molar-refractivity contribution in [3.05, 3.63) is 163 Å². The van der Waals surface area contributed by atoms with Crippen LogP contribution in [-0.2, 0) is 0 Å². The summed E-state index contributed by atoms with van der Waals surface area (Å²) in [6, 6.07) is 46.1. The van der Waals surface area contributed by atoms with Crippen LogP contribution in [0.1, 0.15) is 16.1 Å². The molecule has 0 radical (unpaired) electrons. The number of nitrogens with one attached hydrogen (secondary N) is 2. The lowest BCUT2D eigenvalue weighted by atomic mass is 9.94. The second-order valence-corrected chi connectivity index (χ2v) is 9.83. The van der Waals surface area contributed by atoms with Gasteiger partial charge in [0.05, 0.1) is 22.6 Å². The normalized spacial score (nSPS) is 13.6. The fourth-order valence-corrected chi connectivity index (χ4v) is 5.30. The van der Waals surface area contributed by atoms with E-state index < -0.39 is 0 Å². The molecule has 41 heavy (non-hydrogen) atoms. The molecular formula is C36H26N4O. The number of aromatic nitrogens is 1. The van der Waals surface area contributed by atoms with Gasteiger partial charge in [-0.3, -0.25) is 4.79 Å². The summed E-state index contributed by atoms with van der Waals surface area (Å²) in [5.41, 5.74) is 8.23. The first-order valence-electron chi connectivity index (χ1n) is 13.5. The highest BCUT2D eigenvalue weighted by molar-refractivity contribution is 6.32. The van der Waals surface area contributed by atoms with Gasteiger partial charge in [-0.25, -0.2) is 4.99 Å². The van der Waals surface area contributed by atoms with Gasteiger partial charge in [0.15, 0.2) is 0 Å². The van der Waals surface area contributed by atoms with Crippen molar-refractivity contribution in [2.24, 2.45) is 4.99 Å². The Bertz CT molecular complexity index is 1920. The maximum Gasteiger partial charge on any atom is 0.205 e. The lowest BCUT2D eigenvalue weighted by molar-refractivity contribution is 0.103. The smallest absolute Gasteiger partial charge is 0.205 e. The number of aliphatic imine (C=N–C) groups is 1. The molecule has 0 fully saturated rings. The van der Waals surface area contributed by atoms with Gasteiger partial charge < -0.3 is 15.2 Å². The molecule has 0 aliphatic heterocycles. The number of allylic oxidation sites excluding steroid dienone is 2.